The van der Waals surface area contributed by atoms with Gasteiger partial charge in [-0.25, -0.2) is 9.59 Å². The summed E-state index contributed by atoms with van der Waals surface area (Å²) in [6.07, 6.45) is 7.59. The molecule has 13 nitrogen and oxygen atoms in total. The van der Waals surface area contributed by atoms with Crippen LogP contribution in [0.15, 0.2) is 4.99 Å². The van der Waals surface area contributed by atoms with Crippen LogP contribution in [0, 0.1) is 5.41 Å². The fourth-order valence-electron chi connectivity index (χ4n) is 7.23. The smallest absolute Gasteiger partial charge is 0.437 e. The number of piperidine rings is 2. The van der Waals surface area contributed by atoms with Crippen LogP contribution in [0.3, 0.4) is 0 Å². The fourth-order valence-corrected chi connectivity index (χ4v) is 7.23. The molecule has 0 aromatic carbocycles. The average molecular weight is 736 g/mol. The van der Waals surface area contributed by atoms with Crippen molar-refractivity contribution in [3.63, 3.8) is 0 Å². The van der Waals surface area contributed by atoms with E-state index in [9.17, 15) is 19.2 Å². The summed E-state index contributed by atoms with van der Waals surface area (Å²) in [6.45, 7) is 22.8. The van der Waals surface area contributed by atoms with Gasteiger partial charge < -0.3 is 34.1 Å². The van der Waals surface area contributed by atoms with Crippen molar-refractivity contribution in [2.75, 3.05) is 26.2 Å². The number of likely N-dealkylation sites (tertiary alicyclic amines) is 2. The molecule has 0 bridgehead atoms. The minimum atomic E-state index is -0.797. The molecule has 1 unspecified atom stereocenters. The number of guanidine groups is 1. The number of rotatable bonds is 9. The molecule has 52 heavy (non-hydrogen) atoms. The highest BCUT2D eigenvalue weighted by Gasteiger charge is 2.37. The summed E-state index contributed by atoms with van der Waals surface area (Å²) in [5, 5.41) is 6.25. The molecule has 3 rings (SSSR count). The normalized spacial score (nSPS) is 22.7. The van der Waals surface area contributed by atoms with Crippen molar-refractivity contribution in [3.8, 4) is 0 Å². The molecule has 2 saturated heterocycles. The third kappa shape index (κ3) is 16.0. The van der Waals surface area contributed by atoms with Gasteiger partial charge in [-0.3, -0.25) is 14.9 Å². The SMILES string of the molecule is CC1(C)CCCC(N[C@@H](CC(=O)OC(C)(C)C)C(=O)N2CCCC[C@H]2CCOC2CCN(C(=NC(=O)OC(C)(C)C)NC(=O)OC(C)(C)C)CC2)C1. The minimum Gasteiger partial charge on any atom is -0.460 e. The van der Waals surface area contributed by atoms with E-state index < -0.39 is 35.0 Å². The summed E-state index contributed by atoms with van der Waals surface area (Å²) in [5.41, 5.74) is -1.89. The first-order valence-corrected chi connectivity index (χ1v) is 19.5. The van der Waals surface area contributed by atoms with Crippen molar-refractivity contribution in [3.05, 3.63) is 0 Å². The summed E-state index contributed by atoms with van der Waals surface area (Å²) in [5.74, 6) is -0.302. The van der Waals surface area contributed by atoms with E-state index in [1.165, 1.54) is 0 Å². The highest BCUT2D eigenvalue weighted by Crippen LogP contribution is 2.35. The molecule has 3 fully saturated rings. The summed E-state index contributed by atoms with van der Waals surface area (Å²) >= 11 is 0. The van der Waals surface area contributed by atoms with Gasteiger partial charge in [0, 0.05) is 38.3 Å². The summed E-state index contributed by atoms with van der Waals surface area (Å²) in [4.78, 5) is 60.3. The van der Waals surface area contributed by atoms with Crippen molar-refractivity contribution in [2.45, 2.75) is 188 Å². The third-order valence-corrected chi connectivity index (χ3v) is 9.39. The van der Waals surface area contributed by atoms with E-state index >= 15 is 0 Å². The highest BCUT2D eigenvalue weighted by molar-refractivity contribution is 5.99. The van der Waals surface area contributed by atoms with Gasteiger partial charge in [0.15, 0.2) is 0 Å². The summed E-state index contributed by atoms with van der Waals surface area (Å²) < 4.78 is 22.8. The van der Waals surface area contributed by atoms with E-state index in [-0.39, 0.29) is 47.9 Å². The van der Waals surface area contributed by atoms with Crippen LogP contribution in [-0.4, -0.2) is 107 Å². The van der Waals surface area contributed by atoms with Gasteiger partial charge >= 0.3 is 18.2 Å². The second kappa shape index (κ2) is 18.4. The molecule has 3 atom stereocenters. The molecule has 0 radical (unpaired) electrons. The second-order valence-electron chi connectivity index (χ2n) is 18.5. The van der Waals surface area contributed by atoms with Crippen LogP contribution in [-0.2, 0) is 28.5 Å². The van der Waals surface area contributed by atoms with E-state index in [1.54, 1.807) is 41.5 Å². The van der Waals surface area contributed by atoms with E-state index in [1.807, 2.05) is 30.6 Å². The Kier molecular flexibility index (Phi) is 15.4. The Hall–Kier alpha value is -2.93. The molecule has 0 spiro atoms. The van der Waals surface area contributed by atoms with Crippen molar-refractivity contribution in [1.82, 2.24) is 20.4 Å². The van der Waals surface area contributed by atoms with Crippen molar-refractivity contribution >= 4 is 30.0 Å². The predicted molar refractivity (Wildman–Crippen MR) is 201 cm³/mol. The van der Waals surface area contributed by atoms with Crippen LogP contribution in [0.4, 0.5) is 9.59 Å². The van der Waals surface area contributed by atoms with Crippen LogP contribution >= 0.6 is 0 Å². The number of esters is 1. The number of ether oxygens (including phenoxy) is 4. The van der Waals surface area contributed by atoms with Crippen molar-refractivity contribution < 1.29 is 38.1 Å². The molecular formula is C39H69N5O8. The van der Waals surface area contributed by atoms with Gasteiger partial charge in [0.25, 0.3) is 0 Å². The van der Waals surface area contributed by atoms with Gasteiger partial charge in [0.05, 0.1) is 18.6 Å². The first kappa shape index (κ1) is 43.5. The van der Waals surface area contributed by atoms with E-state index in [0.717, 1.165) is 44.9 Å². The minimum absolute atomic E-state index is 0.00727. The topological polar surface area (TPSA) is 148 Å². The maximum Gasteiger partial charge on any atom is 0.437 e. The third-order valence-electron chi connectivity index (χ3n) is 9.39. The Labute approximate surface area is 312 Å². The van der Waals surface area contributed by atoms with E-state index in [2.05, 4.69) is 29.5 Å². The van der Waals surface area contributed by atoms with Gasteiger partial charge in [-0.15, -0.1) is 4.99 Å². The summed E-state index contributed by atoms with van der Waals surface area (Å²) in [7, 11) is 0. The van der Waals surface area contributed by atoms with Gasteiger partial charge in [-0.1, -0.05) is 20.3 Å². The summed E-state index contributed by atoms with van der Waals surface area (Å²) in [6, 6.07) is -0.435. The van der Waals surface area contributed by atoms with Gasteiger partial charge in [0.2, 0.25) is 11.9 Å². The van der Waals surface area contributed by atoms with Crippen molar-refractivity contribution in [2.24, 2.45) is 10.4 Å². The van der Waals surface area contributed by atoms with Gasteiger partial charge in [-0.2, -0.15) is 0 Å². The van der Waals surface area contributed by atoms with Crippen LogP contribution in [0.25, 0.3) is 0 Å². The number of carbonyl (C=O) groups excluding carboxylic acids is 4. The highest BCUT2D eigenvalue weighted by atomic mass is 16.6. The molecule has 2 heterocycles. The zero-order valence-corrected chi connectivity index (χ0v) is 34.0. The molecular weight excluding hydrogens is 666 g/mol. The zero-order valence-electron chi connectivity index (χ0n) is 34.0. The standard InChI is InChI=1S/C39H69N5O8/c1-36(2,3)50-31(45)25-30(40-27-15-14-20-39(10,11)26-27)32(46)44-21-13-12-16-28(44)19-24-49-29-17-22-43(23-18-29)33(41-34(47)51-37(4,5)6)42-35(48)52-38(7,8)9/h27-30,40H,12-26H2,1-11H3,(H,41,42,47,48)/t27?,28-,30-/m0/s1. The van der Waals surface area contributed by atoms with Crippen LogP contribution in [0.5, 0.6) is 0 Å². The molecule has 2 N–H and O–H groups in total. The van der Waals surface area contributed by atoms with Crippen LogP contribution < -0.4 is 10.6 Å². The maximum atomic E-state index is 14.2. The second-order valence-corrected chi connectivity index (χ2v) is 18.5. The van der Waals surface area contributed by atoms with Gasteiger partial charge in [-0.05, 0) is 126 Å². The lowest BCUT2D eigenvalue weighted by Crippen LogP contribution is -2.56. The number of amides is 3. The number of hydrogen-bond donors (Lipinski definition) is 2. The lowest BCUT2D eigenvalue weighted by molar-refractivity contribution is -0.158. The zero-order chi connectivity index (χ0) is 38.9. The molecule has 3 amide bonds. The quantitative estimate of drug-likeness (QED) is 0.113. The number of carbonyl (C=O) groups is 4. The van der Waals surface area contributed by atoms with E-state index in [0.29, 0.717) is 45.5 Å². The molecule has 2 aliphatic heterocycles. The number of alkyl carbamates (subject to hydrolysis) is 1. The van der Waals surface area contributed by atoms with E-state index in [4.69, 9.17) is 18.9 Å². The Bertz CT molecular complexity index is 1240. The molecule has 298 valence electrons. The molecule has 1 saturated carbocycles. The number of aliphatic imine (C=N–C) groups is 1. The first-order valence-electron chi connectivity index (χ1n) is 19.5. The Morgan fingerprint density at radius 3 is 2.04 bits per heavy atom. The van der Waals surface area contributed by atoms with Crippen LogP contribution in [0.2, 0.25) is 0 Å². The molecule has 0 aromatic heterocycles. The molecule has 0 aromatic rings. The Morgan fingerprint density at radius 1 is 0.808 bits per heavy atom. The maximum absolute atomic E-state index is 14.2. The lowest BCUT2D eigenvalue weighted by atomic mass is 9.75. The Balaban J connectivity index is 1.61. The molecule has 1 aliphatic carbocycles. The molecule has 13 heteroatoms. The lowest BCUT2D eigenvalue weighted by Gasteiger charge is -2.41. The van der Waals surface area contributed by atoms with Crippen LogP contribution in [0.1, 0.15) is 147 Å². The number of hydrogen-bond acceptors (Lipinski definition) is 9. The fraction of sp³-hybridized carbons (Fsp3) is 0.872. The monoisotopic (exact) mass is 736 g/mol. The predicted octanol–water partition coefficient (Wildman–Crippen LogP) is 6.71. The number of nitrogens with zero attached hydrogens (tertiary/aromatic N) is 3. The van der Waals surface area contributed by atoms with Gasteiger partial charge in [0.1, 0.15) is 16.8 Å². The molecule has 3 aliphatic rings. The number of nitrogens with one attached hydrogen (secondary N) is 2. The largest absolute Gasteiger partial charge is 0.460 e. The Morgan fingerprint density at radius 2 is 1.44 bits per heavy atom. The average Bonchev–Trinajstić information content (AvgIpc) is 2.97. The first-order chi connectivity index (χ1) is 24.0. The van der Waals surface area contributed by atoms with Crippen molar-refractivity contribution in [1.29, 1.82) is 0 Å².